The molecule has 20 heavy (non-hydrogen) atoms. The van der Waals surface area contributed by atoms with E-state index >= 15 is 0 Å². The molecule has 0 aliphatic heterocycles. The summed E-state index contributed by atoms with van der Waals surface area (Å²) in [7, 11) is 0. The Morgan fingerprint density at radius 2 is 2.35 bits per heavy atom. The topological polar surface area (TPSA) is 75.4 Å². The van der Waals surface area contributed by atoms with Gasteiger partial charge in [0.05, 0.1) is 12.8 Å². The molecule has 0 saturated carbocycles. The second-order valence-electron chi connectivity index (χ2n) is 4.20. The van der Waals surface area contributed by atoms with Gasteiger partial charge in [-0.15, -0.1) is 0 Å². The minimum absolute atomic E-state index is 0.106. The van der Waals surface area contributed by atoms with Crippen LogP contribution in [0.15, 0.2) is 23.3 Å². The van der Waals surface area contributed by atoms with Crippen molar-refractivity contribution in [1.82, 2.24) is 14.9 Å². The molecule has 0 spiro atoms. The predicted molar refractivity (Wildman–Crippen MR) is 79.0 cm³/mol. The van der Waals surface area contributed by atoms with Crippen molar-refractivity contribution in [3.8, 4) is 11.5 Å². The zero-order chi connectivity index (χ0) is 14.5. The molecule has 2 aromatic rings. The number of aromatic hydroxyl groups is 1. The average Bonchev–Trinajstić information content (AvgIpc) is 2.75. The number of aromatic nitrogens is 3. The van der Waals surface area contributed by atoms with Crippen LogP contribution in [0.5, 0.6) is 11.5 Å². The van der Waals surface area contributed by atoms with Gasteiger partial charge >= 0.3 is 0 Å². The standard InChI is InChI=1S/C13H16N4O2S/c1-3-6-19-11-5-4-10(12(18)7-11)8-14-17-9(2)15-16-13(17)20/h4-5,7-8,18H,3,6H2,1-2H3,(H,16,20)/b14-8+. The van der Waals surface area contributed by atoms with Crippen LogP contribution in [-0.2, 0) is 0 Å². The van der Waals surface area contributed by atoms with E-state index in [1.165, 1.54) is 10.9 Å². The number of ether oxygens (including phenoxy) is 1. The second kappa shape index (κ2) is 6.33. The number of hydrogen-bond donors (Lipinski definition) is 2. The molecular weight excluding hydrogens is 276 g/mol. The molecule has 0 atom stereocenters. The minimum Gasteiger partial charge on any atom is -0.507 e. The van der Waals surface area contributed by atoms with Crippen molar-refractivity contribution >= 4 is 18.4 Å². The molecule has 2 rings (SSSR count). The molecule has 7 heteroatoms. The van der Waals surface area contributed by atoms with Gasteiger partial charge in [-0.25, -0.2) is 0 Å². The maximum atomic E-state index is 9.93. The summed E-state index contributed by atoms with van der Waals surface area (Å²) in [5.41, 5.74) is 0.580. The third-order valence-electron chi connectivity index (χ3n) is 2.60. The lowest BCUT2D eigenvalue weighted by atomic mass is 10.2. The fraction of sp³-hybridized carbons (Fsp3) is 0.308. The van der Waals surface area contributed by atoms with Gasteiger partial charge in [-0.3, -0.25) is 5.10 Å². The van der Waals surface area contributed by atoms with Crippen molar-refractivity contribution in [2.45, 2.75) is 20.3 Å². The highest BCUT2D eigenvalue weighted by Gasteiger charge is 2.02. The summed E-state index contributed by atoms with van der Waals surface area (Å²) < 4.78 is 7.32. The number of rotatable bonds is 5. The van der Waals surface area contributed by atoms with Crippen LogP contribution in [0.3, 0.4) is 0 Å². The van der Waals surface area contributed by atoms with Crippen LogP contribution in [0.2, 0.25) is 0 Å². The van der Waals surface area contributed by atoms with Crippen LogP contribution in [0.1, 0.15) is 24.7 Å². The molecule has 6 nitrogen and oxygen atoms in total. The van der Waals surface area contributed by atoms with Crippen LogP contribution in [0.4, 0.5) is 0 Å². The lowest BCUT2D eigenvalue weighted by Gasteiger charge is -2.06. The summed E-state index contributed by atoms with van der Waals surface area (Å²) in [4.78, 5) is 0. The lowest BCUT2D eigenvalue weighted by molar-refractivity contribution is 0.315. The summed E-state index contributed by atoms with van der Waals surface area (Å²) in [6, 6.07) is 5.10. The number of aryl methyl sites for hydroxylation is 1. The van der Waals surface area contributed by atoms with Gasteiger partial charge in [0.25, 0.3) is 0 Å². The summed E-state index contributed by atoms with van der Waals surface area (Å²) >= 11 is 5.04. The molecule has 0 bridgehead atoms. The van der Waals surface area contributed by atoms with Crippen LogP contribution in [0.25, 0.3) is 0 Å². The largest absolute Gasteiger partial charge is 0.507 e. The number of benzene rings is 1. The van der Waals surface area contributed by atoms with Gasteiger partial charge in [0, 0.05) is 11.6 Å². The normalized spacial score (nSPS) is 11.1. The molecule has 1 aromatic heterocycles. The van der Waals surface area contributed by atoms with Crippen molar-refractivity contribution in [2.24, 2.45) is 5.10 Å². The van der Waals surface area contributed by atoms with E-state index in [2.05, 4.69) is 15.3 Å². The molecule has 2 N–H and O–H groups in total. The smallest absolute Gasteiger partial charge is 0.216 e. The third kappa shape index (κ3) is 3.24. The highest BCUT2D eigenvalue weighted by Crippen LogP contribution is 2.22. The molecule has 0 saturated heterocycles. The molecule has 0 aliphatic carbocycles. The van der Waals surface area contributed by atoms with Crippen LogP contribution < -0.4 is 4.74 Å². The summed E-state index contributed by atoms with van der Waals surface area (Å²) in [5, 5.41) is 20.7. The SMILES string of the molecule is CCCOc1ccc(/C=N/n2c(C)n[nH]c2=S)c(O)c1. The Balaban J connectivity index is 2.20. The van der Waals surface area contributed by atoms with Crippen molar-refractivity contribution in [1.29, 1.82) is 0 Å². The maximum absolute atomic E-state index is 9.93. The fourth-order valence-electron chi connectivity index (χ4n) is 1.57. The zero-order valence-electron chi connectivity index (χ0n) is 11.3. The quantitative estimate of drug-likeness (QED) is 0.656. The number of aromatic amines is 1. The number of H-pyrrole nitrogens is 1. The molecule has 0 amide bonds. The molecular formula is C13H16N4O2S. The Kier molecular flexibility index (Phi) is 4.52. The van der Waals surface area contributed by atoms with Gasteiger partial charge in [0.15, 0.2) is 0 Å². The van der Waals surface area contributed by atoms with Gasteiger partial charge in [-0.1, -0.05) is 6.92 Å². The molecule has 106 valence electrons. The number of phenolic OH excluding ortho intramolecular Hbond substituents is 1. The number of nitrogens with one attached hydrogen (secondary N) is 1. The summed E-state index contributed by atoms with van der Waals surface area (Å²) in [5.74, 6) is 1.39. The van der Waals surface area contributed by atoms with Gasteiger partial charge < -0.3 is 9.84 Å². The first-order chi connectivity index (χ1) is 9.61. The molecule has 0 unspecified atom stereocenters. The van der Waals surface area contributed by atoms with Gasteiger partial charge in [-0.05, 0) is 37.7 Å². The van der Waals surface area contributed by atoms with Crippen molar-refractivity contribution < 1.29 is 9.84 Å². The van der Waals surface area contributed by atoms with Gasteiger partial charge in [0.1, 0.15) is 17.3 Å². The van der Waals surface area contributed by atoms with E-state index in [-0.39, 0.29) is 5.75 Å². The van der Waals surface area contributed by atoms with Gasteiger partial charge in [-0.2, -0.15) is 14.9 Å². The van der Waals surface area contributed by atoms with Crippen molar-refractivity contribution in [2.75, 3.05) is 6.61 Å². The van der Waals surface area contributed by atoms with Crippen LogP contribution in [0, 0.1) is 11.7 Å². The van der Waals surface area contributed by atoms with E-state index in [0.29, 0.717) is 28.5 Å². The van der Waals surface area contributed by atoms with Crippen LogP contribution in [-0.4, -0.2) is 32.8 Å². The van der Waals surface area contributed by atoms with E-state index in [9.17, 15) is 5.11 Å². The van der Waals surface area contributed by atoms with Crippen molar-refractivity contribution in [3.05, 3.63) is 34.4 Å². The number of hydrogen-bond acceptors (Lipinski definition) is 5. The molecule has 0 aliphatic rings. The van der Waals surface area contributed by atoms with E-state index < -0.39 is 0 Å². The first-order valence-corrected chi connectivity index (χ1v) is 6.67. The predicted octanol–water partition coefficient (Wildman–Crippen LogP) is 2.63. The Morgan fingerprint density at radius 3 is 2.95 bits per heavy atom. The lowest BCUT2D eigenvalue weighted by Crippen LogP contribution is -1.96. The maximum Gasteiger partial charge on any atom is 0.216 e. The van der Waals surface area contributed by atoms with Crippen molar-refractivity contribution in [3.63, 3.8) is 0 Å². The zero-order valence-corrected chi connectivity index (χ0v) is 12.1. The molecule has 0 fully saturated rings. The first-order valence-electron chi connectivity index (χ1n) is 6.26. The first kappa shape index (κ1) is 14.3. The molecule has 1 heterocycles. The Morgan fingerprint density at radius 1 is 1.55 bits per heavy atom. The number of phenols is 1. The highest BCUT2D eigenvalue weighted by atomic mass is 32.1. The fourth-order valence-corrected chi connectivity index (χ4v) is 1.79. The van der Waals surface area contributed by atoms with E-state index in [1.54, 1.807) is 25.1 Å². The molecule has 0 radical (unpaired) electrons. The van der Waals surface area contributed by atoms with Crippen LogP contribution >= 0.6 is 12.2 Å². The second-order valence-corrected chi connectivity index (χ2v) is 4.59. The third-order valence-corrected chi connectivity index (χ3v) is 2.86. The van der Waals surface area contributed by atoms with E-state index in [0.717, 1.165) is 6.42 Å². The summed E-state index contributed by atoms with van der Waals surface area (Å²) in [6.07, 6.45) is 2.44. The number of nitrogens with zero attached hydrogens (tertiary/aromatic N) is 3. The average molecular weight is 292 g/mol. The molecule has 1 aromatic carbocycles. The van der Waals surface area contributed by atoms with E-state index in [1.807, 2.05) is 6.92 Å². The van der Waals surface area contributed by atoms with E-state index in [4.69, 9.17) is 17.0 Å². The Hall–Kier alpha value is -2.15. The minimum atomic E-state index is 0.106. The monoisotopic (exact) mass is 292 g/mol. The Labute approximate surface area is 121 Å². The Bertz CT molecular complexity index is 675. The highest BCUT2D eigenvalue weighted by molar-refractivity contribution is 7.71. The van der Waals surface area contributed by atoms with Gasteiger partial charge in [0.2, 0.25) is 4.77 Å². The summed E-state index contributed by atoms with van der Waals surface area (Å²) in [6.45, 7) is 4.43.